The van der Waals surface area contributed by atoms with Crippen LogP contribution in [0.15, 0.2) is 36.7 Å². The van der Waals surface area contributed by atoms with Gasteiger partial charge in [0.15, 0.2) is 0 Å². The van der Waals surface area contributed by atoms with Crippen LogP contribution in [0, 0.1) is 6.92 Å². The van der Waals surface area contributed by atoms with Gasteiger partial charge in [0.1, 0.15) is 23.9 Å². The topological polar surface area (TPSA) is 36.3 Å². The summed E-state index contributed by atoms with van der Waals surface area (Å²) in [7, 11) is 0. The summed E-state index contributed by atoms with van der Waals surface area (Å²) in [6.45, 7) is 6.03. The summed E-state index contributed by atoms with van der Waals surface area (Å²) in [5.41, 5.74) is 0. The number of hydrogen-bond acceptors (Lipinski definition) is 3. The molecule has 0 radical (unpaired) electrons. The van der Waals surface area contributed by atoms with Crippen LogP contribution in [0.2, 0.25) is 0 Å². The third kappa shape index (κ3) is 3.26. The van der Waals surface area contributed by atoms with Crippen LogP contribution >= 0.6 is 0 Å². The van der Waals surface area contributed by atoms with Gasteiger partial charge >= 0.3 is 0 Å². The molecule has 0 aliphatic rings. The number of ether oxygens (including phenoxy) is 2. The molecule has 0 atom stereocenters. The maximum absolute atomic E-state index is 5.69. The molecule has 0 N–H and O–H groups in total. The fourth-order valence-corrected chi connectivity index (χ4v) is 1.72. The Morgan fingerprint density at radius 2 is 2.00 bits per heavy atom. The Bertz CT molecular complexity index is 494. The van der Waals surface area contributed by atoms with Gasteiger partial charge in [-0.1, -0.05) is 6.07 Å². The first kappa shape index (κ1) is 12.5. The number of hydrogen-bond donors (Lipinski definition) is 0. The van der Waals surface area contributed by atoms with Crippen LogP contribution < -0.4 is 9.47 Å². The van der Waals surface area contributed by atoms with Crippen molar-refractivity contribution in [2.45, 2.75) is 20.4 Å². The monoisotopic (exact) mass is 246 g/mol. The average Bonchev–Trinajstić information content (AvgIpc) is 2.76. The van der Waals surface area contributed by atoms with Crippen LogP contribution in [0.5, 0.6) is 11.5 Å². The highest BCUT2D eigenvalue weighted by molar-refractivity contribution is 5.32. The van der Waals surface area contributed by atoms with E-state index in [0.29, 0.717) is 13.2 Å². The molecule has 1 heterocycles. The zero-order valence-electron chi connectivity index (χ0n) is 10.8. The van der Waals surface area contributed by atoms with Crippen LogP contribution in [-0.2, 0) is 6.54 Å². The van der Waals surface area contributed by atoms with Crippen LogP contribution in [0.3, 0.4) is 0 Å². The van der Waals surface area contributed by atoms with Gasteiger partial charge in [0.05, 0.1) is 13.2 Å². The minimum atomic E-state index is 0.618. The van der Waals surface area contributed by atoms with Crippen LogP contribution in [0.1, 0.15) is 12.7 Å². The molecule has 1 aromatic heterocycles. The van der Waals surface area contributed by atoms with Crippen molar-refractivity contribution in [3.63, 3.8) is 0 Å². The summed E-state index contributed by atoms with van der Waals surface area (Å²) in [6.07, 6.45) is 3.75. The first-order valence-corrected chi connectivity index (χ1v) is 6.13. The van der Waals surface area contributed by atoms with Crippen molar-refractivity contribution in [1.82, 2.24) is 9.55 Å². The molecular weight excluding hydrogens is 228 g/mol. The molecule has 0 saturated heterocycles. The lowest BCUT2D eigenvalue weighted by atomic mass is 10.3. The molecule has 0 fully saturated rings. The Labute approximate surface area is 107 Å². The van der Waals surface area contributed by atoms with Gasteiger partial charge in [-0.05, 0) is 26.0 Å². The molecule has 0 unspecified atom stereocenters. The fraction of sp³-hybridized carbons (Fsp3) is 0.357. The third-order valence-electron chi connectivity index (χ3n) is 2.64. The highest BCUT2D eigenvalue weighted by atomic mass is 16.5. The Hall–Kier alpha value is -1.97. The zero-order chi connectivity index (χ0) is 12.8. The molecule has 0 bridgehead atoms. The standard InChI is InChI=1S/C14H18N2O2/c1-3-17-13-5-4-6-14(11-13)18-10-9-16-8-7-15-12(16)2/h4-8,11H,3,9-10H2,1-2H3. The van der Waals surface area contributed by atoms with E-state index in [4.69, 9.17) is 9.47 Å². The Morgan fingerprint density at radius 1 is 1.22 bits per heavy atom. The summed E-state index contributed by atoms with van der Waals surface area (Å²) in [6, 6.07) is 7.70. The molecule has 0 amide bonds. The Kier molecular flexibility index (Phi) is 4.23. The average molecular weight is 246 g/mol. The van der Waals surface area contributed by atoms with Gasteiger partial charge in [-0.15, -0.1) is 0 Å². The van der Waals surface area contributed by atoms with E-state index in [1.165, 1.54) is 0 Å². The van der Waals surface area contributed by atoms with Crippen LogP contribution in [0.25, 0.3) is 0 Å². The first-order valence-electron chi connectivity index (χ1n) is 6.13. The van der Waals surface area contributed by atoms with Crippen molar-refractivity contribution in [3.05, 3.63) is 42.5 Å². The van der Waals surface area contributed by atoms with Crippen LogP contribution in [-0.4, -0.2) is 22.8 Å². The molecule has 4 heteroatoms. The predicted molar refractivity (Wildman–Crippen MR) is 70.1 cm³/mol. The van der Waals surface area contributed by atoms with E-state index in [-0.39, 0.29) is 0 Å². The molecule has 18 heavy (non-hydrogen) atoms. The largest absolute Gasteiger partial charge is 0.494 e. The minimum absolute atomic E-state index is 0.618. The second kappa shape index (κ2) is 6.10. The lowest BCUT2D eigenvalue weighted by Gasteiger charge is -2.09. The van der Waals surface area contributed by atoms with Crippen molar-refractivity contribution in [2.24, 2.45) is 0 Å². The maximum Gasteiger partial charge on any atom is 0.123 e. The van der Waals surface area contributed by atoms with Crippen molar-refractivity contribution in [3.8, 4) is 11.5 Å². The number of aromatic nitrogens is 2. The van der Waals surface area contributed by atoms with Gasteiger partial charge in [0.2, 0.25) is 0 Å². The molecule has 0 aliphatic carbocycles. The molecule has 2 aromatic rings. The molecule has 4 nitrogen and oxygen atoms in total. The van der Waals surface area contributed by atoms with Gasteiger partial charge in [-0.2, -0.15) is 0 Å². The van der Waals surface area contributed by atoms with E-state index >= 15 is 0 Å². The first-order chi connectivity index (χ1) is 8.79. The van der Waals surface area contributed by atoms with Crippen molar-refractivity contribution < 1.29 is 9.47 Å². The molecular formula is C14H18N2O2. The van der Waals surface area contributed by atoms with Gasteiger partial charge < -0.3 is 14.0 Å². The maximum atomic E-state index is 5.69. The minimum Gasteiger partial charge on any atom is -0.494 e. The van der Waals surface area contributed by atoms with Gasteiger partial charge in [0.25, 0.3) is 0 Å². The normalized spacial score (nSPS) is 10.3. The Balaban J connectivity index is 1.86. The third-order valence-corrected chi connectivity index (χ3v) is 2.64. The fourth-order valence-electron chi connectivity index (χ4n) is 1.72. The smallest absolute Gasteiger partial charge is 0.123 e. The highest BCUT2D eigenvalue weighted by Gasteiger charge is 1.99. The number of benzene rings is 1. The zero-order valence-corrected chi connectivity index (χ0v) is 10.8. The summed E-state index contributed by atoms with van der Waals surface area (Å²) < 4.78 is 13.2. The molecule has 1 aromatic carbocycles. The van der Waals surface area contributed by atoms with Gasteiger partial charge in [-0.3, -0.25) is 0 Å². The van der Waals surface area contributed by atoms with Crippen molar-refractivity contribution >= 4 is 0 Å². The quantitative estimate of drug-likeness (QED) is 0.786. The van der Waals surface area contributed by atoms with Crippen LogP contribution in [0.4, 0.5) is 0 Å². The van der Waals surface area contributed by atoms with E-state index in [1.807, 2.05) is 44.3 Å². The van der Waals surface area contributed by atoms with E-state index in [9.17, 15) is 0 Å². The summed E-state index contributed by atoms with van der Waals surface area (Å²) >= 11 is 0. The molecule has 0 saturated carbocycles. The number of rotatable bonds is 6. The second-order valence-electron chi connectivity index (χ2n) is 3.92. The summed E-state index contributed by atoms with van der Waals surface area (Å²) in [4.78, 5) is 4.17. The predicted octanol–water partition coefficient (Wildman–Crippen LogP) is 2.67. The second-order valence-corrected chi connectivity index (χ2v) is 3.92. The highest BCUT2D eigenvalue weighted by Crippen LogP contribution is 2.19. The van der Waals surface area contributed by atoms with E-state index in [1.54, 1.807) is 6.20 Å². The summed E-state index contributed by atoms with van der Waals surface area (Å²) in [5.74, 6) is 2.68. The van der Waals surface area contributed by atoms with E-state index < -0.39 is 0 Å². The van der Waals surface area contributed by atoms with E-state index in [2.05, 4.69) is 9.55 Å². The van der Waals surface area contributed by atoms with E-state index in [0.717, 1.165) is 23.9 Å². The summed E-state index contributed by atoms with van der Waals surface area (Å²) in [5, 5.41) is 0. The number of imidazole rings is 1. The lowest BCUT2D eigenvalue weighted by Crippen LogP contribution is -2.08. The lowest BCUT2D eigenvalue weighted by molar-refractivity contribution is 0.292. The number of aryl methyl sites for hydroxylation is 1. The molecule has 0 aliphatic heterocycles. The molecule has 2 rings (SSSR count). The SMILES string of the molecule is CCOc1cccc(OCCn2ccnc2C)c1. The molecule has 0 spiro atoms. The molecule has 96 valence electrons. The Morgan fingerprint density at radius 3 is 2.67 bits per heavy atom. The van der Waals surface area contributed by atoms with Gasteiger partial charge in [0, 0.05) is 18.5 Å². The van der Waals surface area contributed by atoms with Gasteiger partial charge in [-0.25, -0.2) is 4.98 Å². The number of nitrogens with zero attached hydrogens (tertiary/aromatic N) is 2. The van der Waals surface area contributed by atoms with Crippen molar-refractivity contribution in [2.75, 3.05) is 13.2 Å². The van der Waals surface area contributed by atoms with Crippen molar-refractivity contribution in [1.29, 1.82) is 0 Å².